The maximum atomic E-state index is 12.2. The summed E-state index contributed by atoms with van der Waals surface area (Å²) >= 11 is 1.65. The highest BCUT2D eigenvalue weighted by atomic mass is 32.1. The van der Waals surface area contributed by atoms with E-state index in [4.69, 9.17) is 5.11 Å². The molecule has 0 aliphatic heterocycles. The second-order valence-electron chi connectivity index (χ2n) is 5.19. The SMILES string of the molecule is O=C(N[C@H]1CC[C@@H](C(=O)O)C1)c1ccc2sccc2c1. The van der Waals surface area contributed by atoms with Crippen LogP contribution in [0.3, 0.4) is 0 Å². The Bertz CT molecular complexity index is 664. The smallest absolute Gasteiger partial charge is 0.306 e. The lowest BCUT2D eigenvalue weighted by Crippen LogP contribution is -2.33. The van der Waals surface area contributed by atoms with E-state index in [2.05, 4.69) is 5.32 Å². The van der Waals surface area contributed by atoms with E-state index in [0.29, 0.717) is 18.4 Å². The second kappa shape index (κ2) is 5.25. The zero-order valence-corrected chi connectivity index (χ0v) is 11.7. The van der Waals surface area contributed by atoms with Gasteiger partial charge in [0.1, 0.15) is 0 Å². The predicted octanol–water partition coefficient (Wildman–Crippen LogP) is 2.88. The van der Waals surface area contributed by atoms with Gasteiger partial charge in [0, 0.05) is 16.3 Å². The molecule has 1 aromatic carbocycles. The zero-order valence-electron chi connectivity index (χ0n) is 10.8. The molecule has 1 heterocycles. The number of thiophene rings is 1. The summed E-state index contributed by atoms with van der Waals surface area (Å²) < 4.78 is 1.16. The molecular formula is C15H15NO3S. The third kappa shape index (κ3) is 2.54. The highest BCUT2D eigenvalue weighted by Gasteiger charge is 2.30. The molecule has 2 aromatic rings. The highest BCUT2D eigenvalue weighted by molar-refractivity contribution is 7.17. The lowest BCUT2D eigenvalue weighted by molar-refractivity contribution is -0.141. The summed E-state index contributed by atoms with van der Waals surface area (Å²) in [6.07, 6.45) is 1.91. The Kier molecular flexibility index (Phi) is 3.44. The first-order valence-electron chi connectivity index (χ1n) is 6.64. The molecule has 1 saturated carbocycles. The van der Waals surface area contributed by atoms with E-state index in [-0.39, 0.29) is 17.9 Å². The van der Waals surface area contributed by atoms with Gasteiger partial charge in [-0.3, -0.25) is 9.59 Å². The number of carboxylic acids is 1. The molecule has 0 unspecified atom stereocenters. The first kappa shape index (κ1) is 13.1. The molecule has 0 bridgehead atoms. The lowest BCUT2D eigenvalue weighted by atomic mass is 10.1. The summed E-state index contributed by atoms with van der Waals surface area (Å²) in [4.78, 5) is 23.1. The number of fused-ring (bicyclic) bond motifs is 1. The van der Waals surface area contributed by atoms with E-state index in [0.717, 1.165) is 16.5 Å². The van der Waals surface area contributed by atoms with Crippen molar-refractivity contribution in [2.45, 2.75) is 25.3 Å². The molecular weight excluding hydrogens is 274 g/mol. The Morgan fingerprint density at radius 2 is 2.10 bits per heavy atom. The summed E-state index contributed by atoms with van der Waals surface area (Å²) in [6.45, 7) is 0. The fourth-order valence-corrected chi connectivity index (χ4v) is 3.48. The number of aliphatic carboxylic acids is 1. The van der Waals surface area contributed by atoms with Crippen LogP contribution >= 0.6 is 11.3 Å². The maximum Gasteiger partial charge on any atom is 0.306 e. The zero-order chi connectivity index (χ0) is 14.1. The van der Waals surface area contributed by atoms with Gasteiger partial charge in [0.05, 0.1) is 5.92 Å². The number of carbonyl (C=O) groups excluding carboxylic acids is 1. The van der Waals surface area contributed by atoms with Crippen LogP contribution in [0.15, 0.2) is 29.6 Å². The van der Waals surface area contributed by atoms with Crippen LogP contribution in [0, 0.1) is 5.92 Å². The number of rotatable bonds is 3. The number of amides is 1. The van der Waals surface area contributed by atoms with Gasteiger partial charge < -0.3 is 10.4 Å². The molecule has 2 N–H and O–H groups in total. The van der Waals surface area contributed by atoms with Gasteiger partial charge in [0.2, 0.25) is 0 Å². The van der Waals surface area contributed by atoms with E-state index in [9.17, 15) is 9.59 Å². The quantitative estimate of drug-likeness (QED) is 0.913. The number of benzene rings is 1. The van der Waals surface area contributed by atoms with Crippen molar-refractivity contribution in [1.29, 1.82) is 0 Å². The number of nitrogens with one attached hydrogen (secondary N) is 1. The van der Waals surface area contributed by atoms with E-state index < -0.39 is 5.97 Å². The molecule has 1 aromatic heterocycles. The summed E-state index contributed by atoms with van der Waals surface area (Å²) in [6, 6.07) is 7.61. The van der Waals surface area contributed by atoms with Crippen molar-refractivity contribution in [3.8, 4) is 0 Å². The van der Waals surface area contributed by atoms with Gasteiger partial charge in [-0.2, -0.15) is 0 Å². The number of hydrogen-bond donors (Lipinski definition) is 2. The van der Waals surface area contributed by atoms with Crippen molar-refractivity contribution >= 4 is 33.3 Å². The normalized spacial score (nSPS) is 22.0. The number of hydrogen-bond acceptors (Lipinski definition) is 3. The van der Waals surface area contributed by atoms with Crippen molar-refractivity contribution in [2.75, 3.05) is 0 Å². The third-order valence-electron chi connectivity index (χ3n) is 3.83. The van der Waals surface area contributed by atoms with Crippen molar-refractivity contribution in [2.24, 2.45) is 5.92 Å². The fraction of sp³-hybridized carbons (Fsp3) is 0.333. The molecule has 1 aliphatic rings. The van der Waals surface area contributed by atoms with Gasteiger partial charge in [0.25, 0.3) is 5.91 Å². The predicted molar refractivity (Wildman–Crippen MR) is 78.1 cm³/mol. The molecule has 1 aliphatic carbocycles. The van der Waals surface area contributed by atoms with Crippen LogP contribution in [-0.2, 0) is 4.79 Å². The summed E-state index contributed by atoms with van der Waals surface area (Å²) in [5.74, 6) is -1.20. The molecule has 3 rings (SSSR count). The monoisotopic (exact) mass is 289 g/mol. The first-order chi connectivity index (χ1) is 9.63. The van der Waals surface area contributed by atoms with Crippen molar-refractivity contribution in [3.05, 3.63) is 35.2 Å². The molecule has 5 heteroatoms. The summed E-state index contributed by atoms with van der Waals surface area (Å²) in [5, 5.41) is 15.0. The topological polar surface area (TPSA) is 66.4 Å². The minimum absolute atomic E-state index is 0.0261. The molecule has 1 amide bonds. The average molecular weight is 289 g/mol. The lowest BCUT2D eigenvalue weighted by Gasteiger charge is -2.12. The van der Waals surface area contributed by atoms with Gasteiger partial charge in [-0.1, -0.05) is 0 Å². The Hall–Kier alpha value is -1.88. The van der Waals surface area contributed by atoms with Crippen LogP contribution < -0.4 is 5.32 Å². The average Bonchev–Trinajstić information content (AvgIpc) is 3.05. The fourth-order valence-electron chi connectivity index (χ4n) is 2.71. The minimum Gasteiger partial charge on any atom is -0.481 e. The van der Waals surface area contributed by atoms with Gasteiger partial charge in [0.15, 0.2) is 0 Å². The van der Waals surface area contributed by atoms with E-state index in [1.165, 1.54) is 0 Å². The molecule has 2 atom stereocenters. The highest BCUT2D eigenvalue weighted by Crippen LogP contribution is 2.26. The maximum absolute atomic E-state index is 12.2. The molecule has 104 valence electrons. The second-order valence-corrected chi connectivity index (χ2v) is 6.14. The number of carboxylic acid groups (broad SMARTS) is 1. The standard InChI is InChI=1S/C15H15NO3S/c17-14(16-12-3-1-11(8-12)15(18)19)10-2-4-13-9(7-10)5-6-20-13/h2,4-7,11-12H,1,3,8H2,(H,16,17)(H,18,19)/t11-,12+/m1/s1. The third-order valence-corrected chi connectivity index (χ3v) is 4.73. The van der Waals surface area contributed by atoms with Gasteiger partial charge in [-0.05, 0) is 54.3 Å². The minimum atomic E-state index is -0.763. The van der Waals surface area contributed by atoms with E-state index in [1.807, 2.05) is 29.6 Å². The molecule has 0 saturated heterocycles. The van der Waals surface area contributed by atoms with Gasteiger partial charge in [-0.15, -0.1) is 11.3 Å². The van der Waals surface area contributed by atoms with Crippen LogP contribution in [0.4, 0.5) is 0 Å². The Labute approximate surface area is 120 Å². The summed E-state index contributed by atoms with van der Waals surface area (Å²) in [5.41, 5.74) is 0.634. The Morgan fingerprint density at radius 1 is 1.25 bits per heavy atom. The van der Waals surface area contributed by atoms with Crippen molar-refractivity contribution < 1.29 is 14.7 Å². The Morgan fingerprint density at radius 3 is 2.85 bits per heavy atom. The van der Waals surface area contributed by atoms with Gasteiger partial charge in [-0.25, -0.2) is 0 Å². The number of carbonyl (C=O) groups is 2. The van der Waals surface area contributed by atoms with Crippen LogP contribution in [-0.4, -0.2) is 23.0 Å². The van der Waals surface area contributed by atoms with Crippen molar-refractivity contribution in [1.82, 2.24) is 5.32 Å². The van der Waals surface area contributed by atoms with E-state index >= 15 is 0 Å². The molecule has 0 radical (unpaired) electrons. The first-order valence-corrected chi connectivity index (χ1v) is 7.52. The molecule has 0 spiro atoms. The van der Waals surface area contributed by atoms with Crippen molar-refractivity contribution in [3.63, 3.8) is 0 Å². The molecule has 20 heavy (non-hydrogen) atoms. The largest absolute Gasteiger partial charge is 0.481 e. The molecule has 1 fully saturated rings. The summed E-state index contributed by atoms with van der Waals surface area (Å²) in [7, 11) is 0. The van der Waals surface area contributed by atoms with Crippen LogP contribution in [0.5, 0.6) is 0 Å². The van der Waals surface area contributed by atoms with Crippen LogP contribution in [0.2, 0.25) is 0 Å². The van der Waals surface area contributed by atoms with Crippen LogP contribution in [0.1, 0.15) is 29.6 Å². The van der Waals surface area contributed by atoms with E-state index in [1.54, 1.807) is 11.3 Å². The van der Waals surface area contributed by atoms with Gasteiger partial charge >= 0.3 is 5.97 Å². The molecule has 4 nitrogen and oxygen atoms in total. The van der Waals surface area contributed by atoms with Crippen LogP contribution in [0.25, 0.3) is 10.1 Å². The Balaban J connectivity index is 1.68.